The van der Waals surface area contributed by atoms with Gasteiger partial charge in [-0.25, -0.2) is 0 Å². The van der Waals surface area contributed by atoms with Crippen molar-refractivity contribution in [1.29, 1.82) is 0 Å². The molecule has 0 radical (unpaired) electrons. The summed E-state index contributed by atoms with van der Waals surface area (Å²) in [5, 5.41) is 10.0. The third-order valence-corrected chi connectivity index (χ3v) is 1.66. The third-order valence-electron chi connectivity index (χ3n) is 1.66. The van der Waals surface area contributed by atoms with Crippen LogP contribution in [0.3, 0.4) is 0 Å². The van der Waals surface area contributed by atoms with E-state index in [4.69, 9.17) is 9.90 Å². The molecule has 0 atom stereocenters. The SMILES string of the molecule is CC(=O)O.S.c1ccc2ccccc2c1. The molecule has 1 N–H and O–H groups in total. The highest BCUT2D eigenvalue weighted by atomic mass is 32.1. The second kappa shape index (κ2) is 6.90. The van der Waals surface area contributed by atoms with Gasteiger partial charge in [-0.2, -0.15) is 13.5 Å². The highest BCUT2D eigenvalue weighted by Gasteiger charge is 1.85. The van der Waals surface area contributed by atoms with Gasteiger partial charge in [0.2, 0.25) is 0 Å². The van der Waals surface area contributed by atoms with Gasteiger partial charge in [-0.05, 0) is 10.8 Å². The van der Waals surface area contributed by atoms with Crippen molar-refractivity contribution in [3.63, 3.8) is 0 Å². The number of benzene rings is 2. The average molecular weight is 222 g/mol. The summed E-state index contributed by atoms with van der Waals surface area (Å²) in [7, 11) is 0. The van der Waals surface area contributed by atoms with Gasteiger partial charge in [0.1, 0.15) is 0 Å². The van der Waals surface area contributed by atoms with E-state index in [1.165, 1.54) is 10.8 Å². The molecule has 0 amide bonds. The van der Waals surface area contributed by atoms with E-state index in [1.54, 1.807) is 0 Å². The summed E-state index contributed by atoms with van der Waals surface area (Å²) in [6, 6.07) is 16.7. The lowest BCUT2D eigenvalue weighted by Gasteiger charge is -1.92. The van der Waals surface area contributed by atoms with Gasteiger partial charge in [0.05, 0.1) is 0 Å². The van der Waals surface area contributed by atoms with E-state index in [-0.39, 0.29) is 13.5 Å². The van der Waals surface area contributed by atoms with Gasteiger partial charge < -0.3 is 5.11 Å². The van der Waals surface area contributed by atoms with Gasteiger partial charge in [-0.3, -0.25) is 4.79 Å². The number of carboxylic acids is 1. The molecule has 2 aromatic carbocycles. The standard InChI is InChI=1S/C10H8.C2H4O2.H2S/c1-2-6-10-8-4-3-7-9(10)5-1;1-2(3)4;/h1-8H;1H3,(H,3,4);1H2. The smallest absolute Gasteiger partial charge is 0.300 e. The van der Waals surface area contributed by atoms with E-state index in [0.29, 0.717) is 0 Å². The number of aliphatic carboxylic acids is 1. The summed E-state index contributed by atoms with van der Waals surface area (Å²) >= 11 is 0. The van der Waals surface area contributed by atoms with Crippen molar-refractivity contribution < 1.29 is 9.90 Å². The highest BCUT2D eigenvalue weighted by Crippen LogP contribution is 2.11. The molecule has 0 aliphatic heterocycles. The molecule has 0 fully saturated rings. The minimum Gasteiger partial charge on any atom is -0.481 e. The fraction of sp³-hybridized carbons (Fsp3) is 0.0833. The predicted molar refractivity (Wildman–Crippen MR) is 67.6 cm³/mol. The van der Waals surface area contributed by atoms with Gasteiger partial charge in [-0.1, -0.05) is 48.5 Å². The Morgan fingerprint density at radius 3 is 1.33 bits per heavy atom. The quantitative estimate of drug-likeness (QED) is 0.744. The lowest BCUT2D eigenvalue weighted by molar-refractivity contribution is -0.134. The second-order valence-electron chi connectivity index (χ2n) is 2.87. The first-order chi connectivity index (χ1) is 6.70. The summed E-state index contributed by atoms with van der Waals surface area (Å²) in [4.78, 5) is 9.00. The lowest BCUT2D eigenvalue weighted by atomic mass is 10.1. The molecule has 0 aromatic heterocycles. The first-order valence-corrected chi connectivity index (χ1v) is 4.33. The predicted octanol–water partition coefficient (Wildman–Crippen LogP) is 3.04. The van der Waals surface area contributed by atoms with Gasteiger partial charge in [0.15, 0.2) is 0 Å². The van der Waals surface area contributed by atoms with Crippen LogP contribution in [-0.2, 0) is 4.79 Å². The number of hydrogen-bond acceptors (Lipinski definition) is 1. The molecule has 2 aromatic rings. The van der Waals surface area contributed by atoms with Crippen molar-refractivity contribution in [3.05, 3.63) is 48.5 Å². The molecule has 0 saturated carbocycles. The Morgan fingerprint density at radius 2 is 1.13 bits per heavy atom. The van der Waals surface area contributed by atoms with Gasteiger partial charge >= 0.3 is 0 Å². The van der Waals surface area contributed by atoms with Crippen LogP contribution < -0.4 is 0 Å². The second-order valence-corrected chi connectivity index (χ2v) is 2.87. The van der Waals surface area contributed by atoms with Crippen LogP contribution in [0.5, 0.6) is 0 Å². The number of fused-ring (bicyclic) bond motifs is 1. The monoisotopic (exact) mass is 222 g/mol. The summed E-state index contributed by atoms with van der Waals surface area (Å²) in [6.45, 7) is 1.08. The summed E-state index contributed by atoms with van der Waals surface area (Å²) in [5.74, 6) is -0.833. The van der Waals surface area contributed by atoms with Crippen LogP contribution in [0.1, 0.15) is 6.92 Å². The van der Waals surface area contributed by atoms with Crippen LogP contribution in [0.2, 0.25) is 0 Å². The van der Waals surface area contributed by atoms with E-state index in [1.807, 2.05) is 0 Å². The van der Waals surface area contributed by atoms with Crippen LogP contribution in [0, 0.1) is 0 Å². The molecule has 0 heterocycles. The molecule has 3 heteroatoms. The molecular weight excluding hydrogens is 208 g/mol. The minimum absolute atomic E-state index is 0. The Hall–Kier alpha value is -1.48. The van der Waals surface area contributed by atoms with Crippen LogP contribution in [0.25, 0.3) is 10.8 Å². The Kier molecular flexibility index (Phi) is 6.22. The molecule has 0 spiro atoms. The van der Waals surface area contributed by atoms with E-state index >= 15 is 0 Å². The van der Waals surface area contributed by atoms with Crippen LogP contribution in [0.15, 0.2) is 48.5 Å². The Morgan fingerprint density at radius 1 is 0.933 bits per heavy atom. The van der Waals surface area contributed by atoms with Gasteiger partial charge in [-0.15, -0.1) is 0 Å². The van der Waals surface area contributed by atoms with Crippen molar-refractivity contribution in [2.75, 3.05) is 0 Å². The molecular formula is C12H14O2S. The molecule has 2 nitrogen and oxygen atoms in total. The number of rotatable bonds is 0. The normalized spacial score (nSPS) is 8.33. The molecule has 2 rings (SSSR count). The Bertz CT molecular complexity index is 357. The minimum atomic E-state index is -0.833. The maximum absolute atomic E-state index is 9.00. The molecule has 0 aliphatic carbocycles. The van der Waals surface area contributed by atoms with Crippen molar-refractivity contribution in [2.24, 2.45) is 0 Å². The molecule has 0 unspecified atom stereocenters. The topological polar surface area (TPSA) is 37.3 Å². The lowest BCUT2D eigenvalue weighted by Crippen LogP contribution is -1.78. The van der Waals surface area contributed by atoms with Crippen LogP contribution in [0.4, 0.5) is 0 Å². The summed E-state index contributed by atoms with van der Waals surface area (Å²) in [6.07, 6.45) is 0. The molecule has 0 aliphatic rings. The summed E-state index contributed by atoms with van der Waals surface area (Å²) in [5.41, 5.74) is 0. The largest absolute Gasteiger partial charge is 0.481 e. The maximum atomic E-state index is 9.00. The van der Waals surface area contributed by atoms with Gasteiger partial charge in [0, 0.05) is 6.92 Å². The fourth-order valence-corrected chi connectivity index (χ4v) is 1.13. The number of hydrogen-bond donors (Lipinski definition) is 1. The van der Waals surface area contributed by atoms with E-state index in [0.717, 1.165) is 6.92 Å². The van der Waals surface area contributed by atoms with E-state index in [9.17, 15) is 0 Å². The molecule has 0 saturated heterocycles. The van der Waals surface area contributed by atoms with Crippen molar-refractivity contribution in [2.45, 2.75) is 6.92 Å². The van der Waals surface area contributed by atoms with Gasteiger partial charge in [0.25, 0.3) is 5.97 Å². The number of carboxylic acid groups (broad SMARTS) is 1. The van der Waals surface area contributed by atoms with Crippen LogP contribution in [-0.4, -0.2) is 11.1 Å². The zero-order valence-corrected chi connectivity index (χ0v) is 9.47. The highest BCUT2D eigenvalue weighted by molar-refractivity contribution is 7.59. The molecule has 15 heavy (non-hydrogen) atoms. The average Bonchev–Trinajstić information content (AvgIpc) is 2.17. The molecule has 80 valence electrons. The zero-order valence-electron chi connectivity index (χ0n) is 8.47. The molecule has 0 bridgehead atoms. The summed E-state index contributed by atoms with van der Waals surface area (Å²) < 4.78 is 0. The van der Waals surface area contributed by atoms with E-state index < -0.39 is 5.97 Å². The number of carbonyl (C=O) groups is 1. The first kappa shape index (κ1) is 13.5. The maximum Gasteiger partial charge on any atom is 0.300 e. The van der Waals surface area contributed by atoms with Crippen LogP contribution >= 0.6 is 13.5 Å². The van der Waals surface area contributed by atoms with Crippen molar-refractivity contribution in [3.8, 4) is 0 Å². The zero-order chi connectivity index (χ0) is 10.4. The van der Waals surface area contributed by atoms with Crippen molar-refractivity contribution in [1.82, 2.24) is 0 Å². The Labute approximate surface area is 96.0 Å². The van der Waals surface area contributed by atoms with E-state index in [2.05, 4.69) is 48.5 Å². The Balaban J connectivity index is 0.000000346. The third kappa shape index (κ3) is 5.08. The fourth-order valence-electron chi connectivity index (χ4n) is 1.13. The first-order valence-electron chi connectivity index (χ1n) is 4.33. The van der Waals surface area contributed by atoms with Crippen molar-refractivity contribution >= 4 is 30.2 Å².